The molecule has 0 bridgehead atoms. The number of aromatic nitrogens is 2. The normalized spacial score (nSPS) is 14.7. The average molecular weight is 460 g/mol. The maximum absolute atomic E-state index is 12.8. The number of fused-ring (bicyclic) bond motifs is 4. The Balaban J connectivity index is 1.36. The van der Waals surface area contributed by atoms with Gasteiger partial charge >= 0.3 is 5.97 Å². The third kappa shape index (κ3) is 3.42. The first-order chi connectivity index (χ1) is 14.5. The summed E-state index contributed by atoms with van der Waals surface area (Å²) in [5.41, 5.74) is 2.93. The second-order valence-corrected chi connectivity index (χ2v) is 10.7. The third-order valence-electron chi connectivity index (χ3n) is 5.55. The van der Waals surface area contributed by atoms with E-state index in [1.54, 1.807) is 11.3 Å². The van der Waals surface area contributed by atoms with E-state index >= 15 is 0 Å². The van der Waals surface area contributed by atoms with Crippen molar-refractivity contribution < 1.29 is 14.3 Å². The highest BCUT2D eigenvalue weighted by Gasteiger charge is 2.28. The Morgan fingerprint density at radius 1 is 1.07 bits per heavy atom. The predicted molar refractivity (Wildman–Crippen MR) is 121 cm³/mol. The zero-order valence-corrected chi connectivity index (χ0v) is 19.2. The predicted octanol–water partition coefficient (Wildman–Crippen LogP) is 4.56. The van der Waals surface area contributed by atoms with Crippen molar-refractivity contribution in [2.75, 3.05) is 18.2 Å². The zero-order chi connectivity index (χ0) is 20.8. The number of aryl methyl sites for hydroxylation is 4. The van der Waals surface area contributed by atoms with Gasteiger partial charge in [-0.1, -0.05) is 11.8 Å². The Morgan fingerprint density at radius 3 is 2.57 bits per heavy atom. The van der Waals surface area contributed by atoms with Gasteiger partial charge in [0, 0.05) is 15.1 Å². The van der Waals surface area contributed by atoms with Crippen LogP contribution < -0.4 is 5.32 Å². The lowest BCUT2D eigenvalue weighted by atomic mass is 10.1. The summed E-state index contributed by atoms with van der Waals surface area (Å²) in [5.74, 6) is 0.452. The monoisotopic (exact) mass is 459 g/mol. The number of carbonyl (C=O) groups is 2. The van der Waals surface area contributed by atoms with Crippen LogP contribution in [0, 0.1) is 6.92 Å². The van der Waals surface area contributed by atoms with Gasteiger partial charge in [0.25, 0.3) is 0 Å². The standard InChI is InChI=1S/C21H21N3O3S3/c1-10-22-18(16-11-5-3-7-13(11)29-19(16)23-10)28-9-15(25)24-20-17(21(26)27-2)12-6-4-8-14(12)30-20/h3-9H2,1-2H3,(H,24,25). The van der Waals surface area contributed by atoms with Crippen LogP contribution in [-0.4, -0.2) is 34.7 Å². The van der Waals surface area contributed by atoms with E-state index in [0.717, 1.165) is 58.7 Å². The second-order valence-electron chi connectivity index (χ2n) is 7.50. The van der Waals surface area contributed by atoms with Gasteiger partial charge < -0.3 is 10.1 Å². The van der Waals surface area contributed by atoms with Crippen LogP contribution in [0.4, 0.5) is 5.00 Å². The topological polar surface area (TPSA) is 81.2 Å². The first-order valence-electron chi connectivity index (χ1n) is 9.99. The molecule has 1 N–H and O–H groups in total. The molecule has 2 aliphatic rings. The van der Waals surface area contributed by atoms with E-state index in [4.69, 9.17) is 4.74 Å². The van der Waals surface area contributed by atoms with Gasteiger partial charge in [-0.3, -0.25) is 4.79 Å². The molecule has 0 unspecified atom stereocenters. The maximum Gasteiger partial charge on any atom is 0.341 e. The van der Waals surface area contributed by atoms with Crippen molar-refractivity contribution in [2.24, 2.45) is 0 Å². The molecule has 0 saturated heterocycles. The Bertz CT molecular complexity index is 1180. The van der Waals surface area contributed by atoms with Gasteiger partial charge in [-0.05, 0) is 56.6 Å². The summed E-state index contributed by atoms with van der Waals surface area (Å²) in [6, 6.07) is 0. The number of anilines is 1. The summed E-state index contributed by atoms with van der Waals surface area (Å²) >= 11 is 4.70. The molecular weight excluding hydrogens is 438 g/mol. The zero-order valence-electron chi connectivity index (χ0n) is 16.8. The molecule has 0 radical (unpaired) electrons. The van der Waals surface area contributed by atoms with Gasteiger partial charge in [-0.25, -0.2) is 14.8 Å². The van der Waals surface area contributed by atoms with Crippen LogP contribution in [0.5, 0.6) is 0 Å². The van der Waals surface area contributed by atoms with Crippen molar-refractivity contribution in [3.05, 3.63) is 32.3 Å². The molecule has 1 amide bonds. The number of ether oxygens (including phenoxy) is 1. The minimum absolute atomic E-state index is 0.138. The number of hydrogen-bond donors (Lipinski definition) is 1. The van der Waals surface area contributed by atoms with Crippen molar-refractivity contribution in [3.63, 3.8) is 0 Å². The van der Waals surface area contributed by atoms with Gasteiger partial charge in [0.15, 0.2) is 0 Å². The van der Waals surface area contributed by atoms with Gasteiger partial charge in [0.05, 0.1) is 18.4 Å². The van der Waals surface area contributed by atoms with Crippen LogP contribution >= 0.6 is 34.4 Å². The van der Waals surface area contributed by atoms with E-state index in [9.17, 15) is 9.59 Å². The van der Waals surface area contributed by atoms with E-state index in [0.29, 0.717) is 10.6 Å². The number of amides is 1. The Hall–Kier alpha value is -1.97. The van der Waals surface area contributed by atoms with E-state index in [1.807, 2.05) is 6.92 Å². The molecule has 2 aliphatic carbocycles. The Labute approximate surface area is 186 Å². The maximum atomic E-state index is 12.8. The molecule has 30 heavy (non-hydrogen) atoms. The quantitative estimate of drug-likeness (QED) is 0.342. The summed E-state index contributed by atoms with van der Waals surface area (Å²) in [6.45, 7) is 1.89. The van der Waals surface area contributed by atoms with Crippen molar-refractivity contribution in [3.8, 4) is 0 Å². The lowest BCUT2D eigenvalue weighted by Gasteiger charge is -2.08. The van der Waals surface area contributed by atoms with E-state index in [-0.39, 0.29) is 17.6 Å². The van der Waals surface area contributed by atoms with Gasteiger partial charge in [0.1, 0.15) is 20.7 Å². The molecule has 0 atom stereocenters. The molecule has 0 fully saturated rings. The first-order valence-corrected chi connectivity index (χ1v) is 12.6. The fraction of sp³-hybridized carbons (Fsp3) is 0.429. The van der Waals surface area contributed by atoms with E-state index in [2.05, 4.69) is 15.3 Å². The smallest absolute Gasteiger partial charge is 0.341 e. The number of rotatable bonds is 5. The fourth-order valence-corrected chi connectivity index (χ4v) is 7.84. The Kier molecular flexibility index (Phi) is 5.28. The van der Waals surface area contributed by atoms with E-state index < -0.39 is 0 Å². The highest BCUT2D eigenvalue weighted by atomic mass is 32.2. The molecule has 0 aromatic carbocycles. The second kappa shape index (κ2) is 7.94. The molecule has 6 nitrogen and oxygen atoms in total. The SMILES string of the molecule is COC(=O)c1c(NC(=O)CSc2nc(C)nc3sc4c(c23)CCC4)sc2c1CCC2. The molecule has 9 heteroatoms. The lowest BCUT2D eigenvalue weighted by Crippen LogP contribution is -2.16. The number of hydrogen-bond acceptors (Lipinski definition) is 8. The number of methoxy groups -OCH3 is 1. The molecular formula is C21H21N3O3S3. The van der Waals surface area contributed by atoms with Gasteiger partial charge in [0.2, 0.25) is 5.91 Å². The van der Waals surface area contributed by atoms with Gasteiger partial charge in [-0.2, -0.15) is 0 Å². The Morgan fingerprint density at radius 2 is 1.80 bits per heavy atom. The average Bonchev–Trinajstić information content (AvgIpc) is 3.45. The lowest BCUT2D eigenvalue weighted by molar-refractivity contribution is -0.113. The summed E-state index contributed by atoms with van der Waals surface area (Å²) in [7, 11) is 1.38. The van der Waals surface area contributed by atoms with Crippen molar-refractivity contribution in [1.82, 2.24) is 9.97 Å². The molecule has 3 heterocycles. The molecule has 3 aromatic rings. The first kappa shape index (κ1) is 20.0. The van der Waals surface area contributed by atoms with Crippen LogP contribution in [0.15, 0.2) is 5.03 Å². The molecule has 156 valence electrons. The minimum Gasteiger partial charge on any atom is -0.465 e. The molecule has 0 saturated carbocycles. The van der Waals surface area contributed by atoms with Crippen molar-refractivity contribution >= 4 is 61.5 Å². The number of esters is 1. The van der Waals surface area contributed by atoms with Crippen LogP contribution in [0.1, 0.15) is 49.9 Å². The molecule has 3 aromatic heterocycles. The number of thiophene rings is 2. The summed E-state index contributed by atoms with van der Waals surface area (Å²) in [4.78, 5) is 37.9. The number of carbonyl (C=O) groups excluding carboxylic acids is 2. The van der Waals surface area contributed by atoms with Crippen LogP contribution in [-0.2, 0) is 35.2 Å². The summed E-state index contributed by atoms with van der Waals surface area (Å²) < 4.78 is 4.96. The molecule has 0 aliphatic heterocycles. The minimum atomic E-state index is -0.376. The number of thioether (sulfide) groups is 1. The number of nitrogens with one attached hydrogen (secondary N) is 1. The summed E-state index contributed by atoms with van der Waals surface area (Å²) in [6.07, 6.45) is 6.21. The van der Waals surface area contributed by atoms with Crippen LogP contribution in [0.25, 0.3) is 10.2 Å². The number of nitrogens with zero attached hydrogens (tertiary/aromatic N) is 2. The van der Waals surface area contributed by atoms with Gasteiger partial charge in [-0.15, -0.1) is 22.7 Å². The van der Waals surface area contributed by atoms with E-state index in [1.165, 1.54) is 51.9 Å². The summed E-state index contributed by atoms with van der Waals surface area (Å²) in [5, 5.41) is 5.57. The van der Waals surface area contributed by atoms with Crippen molar-refractivity contribution in [1.29, 1.82) is 0 Å². The fourth-order valence-electron chi connectivity index (χ4n) is 4.28. The van der Waals surface area contributed by atoms with Crippen LogP contribution in [0.3, 0.4) is 0 Å². The largest absolute Gasteiger partial charge is 0.465 e. The van der Waals surface area contributed by atoms with Crippen LogP contribution in [0.2, 0.25) is 0 Å². The molecule has 0 spiro atoms. The molecule has 5 rings (SSSR count). The highest BCUT2D eigenvalue weighted by Crippen LogP contribution is 2.41. The van der Waals surface area contributed by atoms with Crippen molar-refractivity contribution in [2.45, 2.75) is 50.5 Å². The third-order valence-corrected chi connectivity index (χ3v) is 8.92. The highest BCUT2D eigenvalue weighted by molar-refractivity contribution is 8.00.